The summed E-state index contributed by atoms with van der Waals surface area (Å²) >= 11 is 1.49. The maximum Gasteiger partial charge on any atom is 0.252 e. The summed E-state index contributed by atoms with van der Waals surface area (Å²) in [7, 11) is 0. The summed E-state index contributed by atoms with van der Waals surface area (Å²) in [6.07, 6.45) is 3.06. The second kappa shape index (κ2) is 8.14. The normalized spacial score (nSPS) is 18.5. The molecule has 1 aliphatic heterocycles. The van der Waals surface area contributed by atoms with Crippen LogP contribution in [0.2, 0.25) is 0 Å². The number of hydrogen-bond acceptors (Lipinski definition) is 4. The Morgan fingerprint density at radius 1 is 1.48 bits per heavy atom. The molecule has 1 aromatic rings. The molecular weight excluding hydrogens is 288 g/mol. The van der Waals surface area contributed by atoms with E-state index >= 15 is 0 Å². The smallest absolute Gasteiger partial charge is 0.252 e. The number of carbonyl (C=O) groups is 2. The minimum absolute atomic E-state index is 0.0815. The predicted molar refractivity (Wildman–Crippen MR) is 82.3 cm³/mol. The molecule has 1 fully saturated rings. The molecule has 1 unspecified atom stereocenters. The van der Waals surface area contributed by atoms with E-state index in [2.05, 4.69) is 5.32 Å². The quantitative estimate of drug-likeness (QED) is 0.782. The molecule has 0 aliphatic carbocycles. The molecule has 2 N–H and O–H groups in total. The number of thiophene rings is 1. The number of piperidine rings is 1. The first-order valence-corrected chi connectivity index (χ1v) is 8.34. The highest BCUT2D eigenvalue weighted by Gasteiger charge is 2.22. The fourth-order valence-corrected chi connectivity index (χ4v) is 3.17. The van der Waals surface area contributed by atoms with Gasteiger partial charge in [-0.05, 0) is 36.6 Å². The summed E-state index contributed by atoms with van der Waals surface area (Å²) in [6.45, 7) is 2.12. The Bertz CT molecular complexity index is 461. The number of carbonyl (C=O) groups excluding carboxylic acids is 2. The summed E-state index contributed by atoms with van der Waals surface area (Å²) in [5.74, 6) is 0.265. The zero-order chi connectivity index (χ0) is 15.1. The second-order valence-corrected chi connectivity index (χ2v) is 6.18. The van der Waals surface area contributed by atoms with Crippen LogP contribution in [0.4, 0.5) is 0 Å². The van der Waals surface area contributed by atoms with E-state index in [1.165, 1.54) is 11.3 Å². The minimum Gasteiger partial charge on any atom is -0.396 e. The van der Waals surface area contributed by atoms with Crippen LogP contribution in [0.3, 0.4) is 0 Å². The topological polar surface area (TPSA) is 69.6 Å². The van der Waals surface area contributed by atoms with E-state index in [9.17, 15) is 14.7 Å². The highest BCUT2D eigenvalue weighted by atomic mass is 32.1. The van der Waals surface area contributed by atoms with E-state index in [4.69, 9.17) is 0 Å². The van der Waals surface area contributed by atoms with E-state index in [1.807, 2.05) is 15.7 Å². The van der Waals surface area contributed by atoms with Crippen molar-refractivity contribution >= 4 is 23.2 Å². The molecular formula is C15H22N2O3S. The lowest BCUT2D eigenvalue weighted by molar-refractivity contribution is -0.133. The number of nitrogens with zero attached hydrogens (tertiary/aromatic N) is 1. The van der Waals surface area contributed by atoms with Crippen molar-refractivity contribution in [1.82, 2.24) is 10.2 Å². The van der Waals surface area contributed by atoms with Crippen molar-refractivity contribution in [2.24, 2.45) is 5.92 Å². The number of likely N-dealkylation sites (tertiary alicyclic amines) is 1. The summed E-state index contributed by atoms with van der Waals surface area (Å²) in [5.41, 5.74) is 0.674. The highest BCUT2D eigenvalue weighted by Crippen LogP contribution is 2.16. The molecule has 1 aromatic heterocycles. The van der Waals surface area contributed by atoms with E-state index in [0.717, 1.165) is 19.4 Å². The molecule has 116 valence electrons. The van der Waals surface area contributed by atoms with Crippen LogP contribution in [0, 0.1) is 5.92 Å². The first kappa shape index (κ1) is 16.0. The average Bonchev–Trinajstić information content (AvgIpc) is 3.05. The molecule has 0 bridgehead atoms. The van der Waals surface area contributed by atoms with E-state index in [1.54, 1.807) is 6.07 Å². The van der Waals surface area contributed by atoms with Gasteiger partial charge in [0.05, 0.1) is 0 Å². The van der Waals surface area contributed by atoms with Gasteiger partial charge < -0.3 is 15.3 Å². The lowest BCUT2D eigenvalue weighted by Gasteiger charge is -2.32. The summed E-state index contributed by atoms with van der Waals surface area (Å²) in [5, 5.41) is 15.7. The molecule has 0 radical (unpaired) electrons. The van der Waals surface area contributed by atoms with Crippen LogP contribution >= 0.6 is 11.3 Å². The lowest BCUT2D eigenvalue weighted by Crippen LogP contribution is -2.41. The molecule has 0 spiro atoms. The third-order valence-electron chi connectivity index (χ3n) is 3.77. The number of rotatable bonds is 6. The van der Waals surface area contributed by atoms with E-state index in [0.29, 0.717) is 31.5 Å². The fourth-order valence-electron chi connectivity index (χ4n) is 2.54. The van der Waals surface area contributed by atoms with Gasteiger partial charge in [0.2, 0.25) is 5.91 Å². The van der Waals surface area contributed by atoms with Crippen molar-refractivity contribution in [2.45, 2.75) is 25.7 Å². The number of nitrogens with one attached hydrogen (secondary N) is 1. The van der Waals surface area contributed by atoms with Crippen LogP contribution in [0.5, 0.6) is 0 Å². The van der Waals surface area contributed by atoms with Gasteiger partial charge in [-0.3, -0.25) is 9.59 Å². The van der Waals surface area contributed by atoms with Crippen LogP contribution in [-0.4, -0.2) is 48.1 Å². The van der Waals surface area contributed by atoms with Crippen molar-refractivity contribution in [2.75, 3.05) is 26.2 Å². The summed E-state index contributed by atoms with van der Waals surface area (Å²) in [6, 6.07) is 1.79. The van der Waals surface area contributed by atoms with Gasteiger partial charge in [-0.1, -0.05) is 0 Å². The maximum atomic E-state index is 12.1. The molecule has 21 heavy (non-hydrogen) atoms. The van der Waals surface area contributed by atoms with Crippen LogP contribution in [-0.2, 0) is 4.79 Å². The number of amides is 2. The third kappa shape index (κ3) is 4.82. The largest absolute Gasteiger partial charge is 0.396 e. The van der Waals surface area contributed by atoms with Gasteiger partial charge in [0.15, 0.2) is 0 Å². The van der Waals surface area contributed by atoms with Crippen LogP contribution in [0.15, 0.2) is 16.8 Å². The van der Waals surface area contributed by atoms with Gasteiger partial charge in [-0.2, -0.15) is 11.3 Å². The lowest BCUT2D eigenvalue weighted by atomic mass is 9.99. The predicted octanol–water partition coefficient (Wildman–Crippen LogP) is 1.49. The minimum atomic E-state index is -0.0815. The van der Waals surface area contributed by atoms with E-state index < -0.39 is 0 Å². The van der Waals surface area contributed by atoms with Crippen LogP contribution in [0.25, 0.3) is 0 Å². The molecule has 2 rings (SSSR count). The number of aliphatic hydroxyl groups excluding tert-OH is 1. The Hall–Kier alpha value is -1.40. The van der Waals surface area contributed by atoms with Gasteiger partial charge >= 0.3 is 0 Å². The van der Waals surface area contributed by atoms with Gasteiger partial charge in [-0.15, -0.1) is 0 Å². The fraction of sp³-hybridized carbons (Fsp3) is 0.600. The molecule has 0 aromatic carbocycles. The van der Waals surface area contributed by atoms with Crippen molar-refractivity contribution in [1.29, 1.82) is 0 Å². The van der Waals surface area contributed by atoms with Gasteiger partial charge in [0.25, 0.3) is 5.91 Å². The van der Waals surface area contributed by atoms with Crippen molar-refractivity contribution in [3.63, 3.8) is 0 Å². The first-order valence-electron chi connectivity index (χ1n) is 7.39. The Kier molecular flexibility index (Phi) is 6.20. The Morgan fingerprint density at radius 2 is 2.33 bits per heavy atom. The van der Waals surface area contributed by atoms with Crippen molar-refractivity contribution in [3.8, 4) is 0 Å². The molecule has 1 aliphatic rings. The molecule has 0 saturated carbocycles. The maximum absolute atomic E-state index is 12.1. The molecule has 1 saturated heterocycles. The van der Waals surface area contributed by atoms with Gasteiger partial charge in [-0.25, -0.2) is 0 Å². The number of hydrogen-bond donors (Lipinski definition) is 2. The molecule has 2 heterocycles. The Balaban J connectivity index is 1.64. The first-order chi connectivity index (χ1) is 10.2. The SMILES string of the molecule is O=C(NCCCC(=O)N1CCCC(CO)C1)c1ccsc1. The zero-order valence-corrected chi connectivity index (χ0v) is 12.9. The van der Waals surface area contributed by atoms with Crippen LogP contribution < -0.4 is 5.32 Å². The molecule has 2 amide bonds. The molecule has 1 atom stereocenters. The zero-order valence-electron chi connectivity index (χ0n) is 12.1. The second-order valence-electron chi connectivity index (χ2n) is 5.40. The van der Waals surface area contributed by atoms with Crippen molar-refractivity contribution in [3.05, 3.63) is 22.4 Å². The average molecular weight is 310 g/mol. The number of aliphatic hydroxyl groups is 1. The molecule has 6 heteroatoms. The van der Waals surface area contributed by atoms with Crippen molar-refractivity contribution < 1.29 is 14.7 Å². The monoisotopic (exact) mass is 310 g/mol. The summed E-state index contributed by atoms with van der Waals surface area (Å²) in [4.78, 5) is 25.6. The van der Waals surface area contributed by atoms with Crippen LogP contribution in [0.1, 0.15) is 36.0 Å². The standard InChI is InChI=1S/C15H22N2O3S/c18-10-12-3-2-7-17(9-12)14(19)4-1-6-16-15(20)13-5-8-21-11-13/h5,8,11-12,18H,1-4,6-7,9-10H2,(H,16,20). The Labute approximate surface area is 129 Å². The van der Waals surface area contributed by atoms with E-state index in [-0.39, 0.29) is 24.3 Å². The molecule has 5 nitrogen and oxygen atoms in total. The van der Waals surface area contributed by atoms with Gasteiger partial charge in [0.1, 0.15) is 0 Å². The van der Waals surface area contributed by atoms with Gasteiger partial charge in [0, 0.05) is 43.6 Å². The summed E-state index contributed by atoms with van der Waals surface area (Å²) < 4.78 is 0. The Morgan fingerprint density at radius 3 is 3.05 bits per heavy atom. The highest BCUT2D eigenvalue weighted by molar-refractivity contribution is 7.08. The third-order valence-corrected chi connectivity index (χ3v) is 4.45.